The molecule has 1 aliphatic heterocycles. The third-order valence-corrected chi connectivity index (χ3v) is 4.46. The Kier molecular flexibility index (Phi) is 3.72. The van der Waals surface area contributed by atoms with Crippen LogP contribution >= 0.6 is 0 Å². The molecular weight excluding hydrogens is 266 g/mol. The molecule has 0 aromatic heterocycles. The predicted octanol–water partition coefficient (Wildman–Crippen LogP) is 2.02. The standard InChI is InChI=1S/C17H21NO3/c1-12-14(6-4-10-21-12)16(19)18-11-17(20)9-8-13-5-2-3-7-15(13)17/h2-3,5,7,20H,4,6,8-11H2,1H3,(H,18,19). The molecule has 0 saturated heterocycles. The molecule has 2 N–H and O–H groups in total. The predicted molar refractivity (Wildman–Crippen MR) is 79.6 cm³/mol. The van der Waals surface area contributed by atoms with Crippen LogP contribution in [0.15, 0.2) is 35.6 Å². The molecule has 112 valence electrons. The number of aliphatic hydroxyl groups is 1. The molecular formula is C17H21NO3. The van der Waals surface area contributed by atoms with E-state index in [2.05, 4.69) is 5.32 Å². The van der Waals surface area contributed by atoms with Crippen LogP contribution in [0, 0.1) is 0 Å². The van der Waals surface area contributed by atoms with E-state index in [0.717, 1.165) is 24.8 Å². The molecule has 0 bridgehead atoms. The quantitative estimate of drug-likeness (QED) is 0.894. The summed E-state index contributed by atoms with van der Waals surface area (Å²) >= 11 is 0. The number of nitrogens with one attached hydrogen (secondary N) is 1. The second kappa shape index (κ2) is 5.53. The Morgan fingerprint density at radius 1 is 1.38 bits per heavy atom. The maximum absolute atomic E-state index is 12.3. The number of hydrogen-bond acceptors (Lipinski definition) is 3. The van der Waals surface area contributed by atoms with E-state index in [1.54, 1.807) is 0 Å². The minimum absolute atomic E-state index is 0.120. The van der Waals surface area contributed by atoms with Crippen molar-refractivity contribution in [2.45, 2.75) is 38.2 Å². The third-order valence-electron chi connectivity index (χ3n) is 4.46. The van der Waals surface area contributed by atoms with E-state index in [-0.39, 0.29) is 12.5 Å². The van der Waals surface area contributed by atoms with Crippen molar-refractivity contribution in [3.8, 4) is 0 Å². The van der Waals surface area contributed by atoms with Crippen molar-refractivity contribution in [2.24, 2.45) is 0 Å². The molecule has 1 heterocycles. The zero-order valence-electron chi connectivity index (χ0n) is 12.3. The summed E-state index contributed by atoms with van der Waals surface area (Å²) < 4.78 is 5.42. The number of hydrogen-bond donors (Lipinski definition) is 2. The van der Waals surface area contributed by atoms with Crippen molar-refractivity contribution >= 4 is 5.91 Å². The number of fused-ring (bicyclic) bond motifs is 1. The van der Waals surface area contributed by atoms with Gasteiger partial charge >= 0.3 is 0 Å². The van der Waals surface area contributed by atoms with Crippen LogP contribution in [-0.2, 0) is 21.6 Å². The van der Waals surface area contributed by atoms with Gasteiger partial charge in [-0.05, 0) is 43.7 Å². The normalized spacial score (nSPS) is 24.5. The fourth-order valence-corrected chi connectivity index (χ4v) is 3.20. The highest BCUT2D eigenvalue weighted by Gasteiger charge is 2.36. The lowest BCUT2D eigenvalue weighted by Crippen LogP contribution is -2.40. The van der Waals surface area contributed by atoms with Gasteiger partial charge in [0.2, 0.25) is 0 Å². The lowest BCUT2D eigenvalue weighted by Gasteiger charge is -2.25. The number of allylic oxidation sites excluding steroid dienone is 1. The van der Waals surface area contributed by atoms with Crippen molar-refractivity contribution in [2.75, 3.05) is 13.2 Å². The highest BCUT2D eigenvalue weighted by atomic mass is 16.5. The van der Waals surface area contributed by atoms with Crippen LogP contribution in [0.1, 0.15) is 37.3 Å². The van der Waals surface area contributed by atoms with Crippen LogP contribution in [0.5, 0.6) is 0 Å². The monoisotopic (exact) mass is 287 g/mol. The fraction of sp³-hybridized carbons (Fsp3) is 0.471. The second-order valence-corrected chi connectivity index (χ2v) is 5.86. The molecule has 0 fully saturated rings. The first-order chi connectivity index (χ1) is 10.1. The molecule has 3 rings (SSSR count). The molecule has 1 amide bonds. The van der Waals surface area contributed by atoms with Gasteiger partial charge in [-0.15, -0.1) is 0 Å². The van der Waals surface area contributed by atoms with Gasteiger partial charge in [-0.3, -0.25) is 4.79 Å². The van der Waals surface area contributed by atoms with E-state index in [1.165, 1.54) is 5.56 Å². The summed E-state index contributed by atoms with van der Waals surface area (Å²) in [5.41, 5.74) is 1.87. The van der Waals surface area contributed by atoms with E-state index >= 15 is 0 Å². The summed E-state index contributed by atoms with van der Waals surface area (Å²) in [6, 6.07) is 7.90. The molecule has 4 heteroatoms. The zero-order chi connectivity index (χ0) is 14.9. The van der Waals surface area contributed by atoms with E-state index in [9.17, 15) is 9.90 Å². The first-order valence-corrected chi connectivity index (χ1v) is 7.52. The zero-order valence-corrected chi connectivity index (χ0v) is 12.3. The van der Waals surface area contributed by atoms with Crippen LogP contribution in [0.2, 0.25) is 0 Å². The maximum Gasteiger partial charge on any atom is 0.250 e. The van der Waals surface area contributed by atoms with E-state index < -0.39 is 5.60 Å². The molecule has 1 aromatic rings. The Bertz CT molecular complexity index is 593. The average Bonchev–Trinajstić information content (AvgIpc) is 2.84. The number of amides is 1. The van der Waals surface area contributed by atoms with Crippen molar-refractivity contribution in [3.63, 3.8) is 0 Å². The second-order valence-electron chi connectivity index (χ2n) is 5.86. The molecule has 21 heavy (non-hydrogen) atoms. The number of carbonyl (C=O) groups excluding carboxylic acids is 1. The number of carbonyl (C=O) groups is 1. The summed E-state index contributed by atoms with van der Waals surface area (Å²) in [4.78, 5) is 12.3. The molecule has 0 saturated carbocycles. The van der Waals surface area contributed by atoms with Gasteiger partial charge in [-0.2, -0.15) is 0 Å². The number of benzene rings is 1. The van der Waals surface area contributed by atoms with Gasteiger partial charge in [0.15, 0.2) is 0 Å². The van der Waals surface area contributed by atoms with Crippen molar-refractivity contribution in [3.05, 3.63) is 46.7 Å². The van der Waals surface area contributed by atoms with Gasteiger partial charge in [0.05, 0.1) is 18.7 Å². The van der Waals surface area contributed by atoms with Crippen LogP contribution < -0.4 is 5.32 Å². The Morgan fingerprint density at radius 2 is 2.19 bits per heavy atom. The Labute approximate surface area is 124 Å². The highest BCUT2D eigenvalue weighted by Crippen LogP contribution is 2.36. The minimum atomic E-state index is -0.948. The Balaban J connectivity index is 1.70. The molecule has 1 aliphatic carbocycles. The molecule has 0 radical (unpaired) electrons. The first kappa shape index (κ1) is 14.1. The van der Waals surface area contributed by atoms with E-state index in [0.29, 0.717) is 24.4 Å². The SMILES string of the molecule is CC1=C(C(=O)NCC2(O)CCc3ccccc32)CCCO1. The molecule has 4 nitrogen and oxygen atoms in total. The van der Waals surface area contributed by atoms with E-state index in [1.807, 2.05) is 31.2 Å². The lowest BCUT2D eigenvalue weighted by molar-refractivity contribution is -0.119. The summed E-state index contributed by atoms with van der Waals surface area (Å²) in [6.45, 7) is 2.76. The molecule has 1 aromatic carbocycles. The third kappa shape index (κ3) is 2.68. The molecule has 1 atom stereocenters. The summed E-state index contributed by atoms with van der Waals surface area (Å²) in [6.07, 6.45) is 3.12. The van der Waals surface area contributed by atoms with Crippen molar-refractivity contribution in [1.29, 1.82) is 0 Å². The van der Waals surface area contributed by atoms with E-state index in [4.69, 9.17) is 4.74 Å². The van der Waals surface area contributed by atoms with Gasteiger partial charge in [0.1, 0.15) is 11.4 Å². The van der Waals surface area contributed by atoms with Crippen LogP contribution in [-0.4, -0.2) is 24.2 Å². The van der Waals surface area contributed by atoms with Crippen LogP contribution in [0.4, 0.5) is 0 Å². The largest absolute Gasteiger partial charge is 0.498 e. The van der Waals surface area contributed by atoms with Crippen LogP contribution in [0.3, 0.4) is 0 Å². The number of ether oxygens (including phenoxy) is 1. The van der Waals surface area contributed by atoms with Crippen LogP contribution in [0.25, 0.3) is 0 Å². The Morgan fingerprint density at radius 3 is 3.00 bits per heavy atom. The van der Waals surface area contributed by atoms with Gasteiger partial charge in [-0.1, -0.05) is 24.3 Å². The van der Waals surface area contributed by atoms with Crippen molar-refractivity contribution in [1.82, 2.24) is 5.32 Å². The minimum Gasteiger partial charge on any atom is -0.498 e. The molecule has 0 spiro atoms. The van der Waals surface area contributed by atoms with Gasteiger partial charge in [0, 0.05) is 0 Å². The highest BCUT2D eigenvalue weighted by molar-refractivity contribution is 5.94. The summed E-state index contributed by atoms with van der Waals surface area (Å²) in [5.74, 6) is 0.586. The lowest BCUT2D eigenvalue weighted by atomic mass is 9.95. The fourth-order valence-electron chi connectivity index (χ4n) is 3.20. The first-order valence-electron chi connectivity index (χ1n) is 7.52. The van der Waals surface area contributed by atoms with Crippen molar-refractivity contribution < 1.29 is 14.6 Å². The summed E-state index contributed by atoms with van der Waals surface area (Å²) in [5, 5.41) is 13.7. The van der Waals surface area contributed by atoms with Gasteiger partial charge < -0.3 is 15.2 Å². The topological polar surface area (TPSA) is 58.6 Å². The molecule has 1 unspecified atom stereocenters. The average molecular weight is 287 g/mol. The summed E-state index contributed by atoms with van der Waals surface area (Å²) in [7, 11) is 0. The number of aryl methyl sites for hydroxylation is 1. The number of rotatable bonds is 3. The molecule has 2 aliphatic rings. The smallest absolute Gasteiger partial charge is 0.250 e. The van der Waals surface area contributed by atoms with Gasteiger partial charge in [-0.25, -0.2) is 0 Å². The van der Waals surface area contributed by atoms with Gasteiger partial charge in [0.25, 0.3) is 5.91 Å². The Hall–Kier alpha value is -1.81. The maximum atomic E-state index is 12.3.